The number of ether oxygens (including phenoxy) is 1. The second-order valence-corrected chi connectivity index (χ2v) is 15.2. The number of aromatic nitrogens is 4. The lowest BCUT2D eigenvalue weighted by atomic mass is 9.86. The molecule has 0 bridgehead atoms. The van der Waals surface area contributed by atoms with Crippen molar-refractivity contribution in [3.63, 3.8) is 0 Å². The number of hydrogen-bond donors (Lipinski definition) is 0. The maximum atomic E-state index is 6.64. The average molecular weight is 669 g/mol. The minimum absolute atomic E-state index is 0.00489. The highest BCUT2D eigenvalue weighted by Gasteiger charge is 2.22. The van der Waals surface area contributed by atoms with Gasteiger partial charge in [-0.15, -0.1) is 0 Å². The van der Waals surface area contributed by atoms with Crippen LogP contribution in [0.5, 0.6) is 11.5 Å². The molecule has 0 N–H and O–H groups in total. The fourth-order valence-corrected chi connectivity index (χ4v) is 7.35. The second-order valence-electron chi connectivity index (χ2n) is 15.2. The molecule has 0 unspecified atom stereocenters. The molecule has 0 radical (unpaired) electrons. The summed E-state index contributed by atoms with van der Waals surface area (Å²) in [5.41, 5.74) is 10.3. The molecule has 3 heterocycles. The number of hydrogen-bond acceptors (Lipinski definition) is 3. The predicted octanol–water partition coefficient (Wildman–Crippen LogP) is 12.5. The number of rotatable bonds is 7. The van der Waals surface area contributed by atoms with E-state index < -0.39 is 0 Å². The fraction of sp³-hybridized carbons (Fsp3) is 0.217. The van der Waals surface area contributed by atoms with Gasteiger partial charge in [0, 0.05) is 40.1 Å². The molecule has 51 heavy (non-hydrogen) atoms. The van der Waals surface area contributed by atoms with Gasteiger partial charge in [0.05, 0.1) is 22.2 Å². The first kappa shape index (κ1) is 32.5. The summed E-state index contributed by atoms with van der Waals surface area (Å²) in [5.74, 6) is 3.14. The molecule has 0 saturated heterocycles. The standard InChI is InChI=1S/C46H44N4O/c1-29(2)35-18-13-19-36(30(3)4)44(35)45-39-17-9-11-21-41(39)50(48-45)32-14-12-15-33(27-32)51-34-22-23-38-37-16-8-10-20-40(37)49(42(38)28-34)43-26-31(24-25-47-43)46(5,6)7/h8-30H,1-7H3. The van der Waals surface area contributed by atoms with E-state index in [2.05, 4.69) is 167 Å². The molecule has 8 aromatic rings. The fourth-order valence-electron chi connectivity index (χ4n) is 7.35. The van der Waals surface area contributed by atoms with E-state index in [1.807, 2.05) is 18.3 Å². The monoisotopic (exact) mass is 668 g/mol. The van der Waals surface area contributed by atoms with E-state index in [0.29, 0.717) is 11.8 Å². The first-order chi connectivity index (χ1) is 24.6. The van der Waals surface area contributed by atoms with Crippen molar-refractivity contribution in [1.29, 1.82) is 0 Å². The van der Waals surface area contributed by atoms with Crippen LogP contribution < -0.4 is 4.74 Å². The molecule has 3 aromatic heterocycles. The van der Waals surface area contributed by atoms with Crippen molar-refractivity contribution < 1.29 is 4.74 Å². The summed E-state index contributed by atoms with van der Waals surface area (Å²) in [6.07, 6.45) is 1.91. The van der Waals surface area contributed by atoms with Gasteiger partial charge in [-0.2, -0.15) is 5.10 Å². The van der Waals surface area contributed by atoms with Crippen molar-refractivity contribution >= 4 is 32.7 Å². The zero-order valence-electron chi connectivity index (χ0n) is 30.5. The summed E-state index contributed by atoms with van der Waals surface area (Å²) >= 11 is 0. The van der Waals surface area contributed by atoms with Gasteiger partial charge in [-0.3, -0.25) is 4.57 Å². The lowest BCUT2D eigenvalue weighted by molar-refractivity contribution is 0.483. The van der Waals surface area contributed by atoms with Crippen LogP contribution in [0.15, 0.2) is 128 Å². The van der Waals surface area contributed by atoms with E-state index in [1.165, 1.54) is 27.6 Å². The van der Waals surface area contributed by atoms with Gasteiger partial charge in [0.1, 0.15) is 23.0 Å². The Morgan fingerprint density at radius 1 is 0.588 bits per heavy atom. The van der Waals surface area contributed by atoms with Crippen LogP contribution in [0.1, 0.15) is 77.0 Å². The molecule has 0 amide bonds. The summed E-state index contributed by atoms with van der Waals surface area (Å²) in [5, 5.41) is 8.83. The first-order valence-electron chi connectivity index (χ1n) is 18.0. The molecule has 254 valence electrons. The number of fused-ring (bicyclic) bond motifs is 4. The maximum Gasteiger partial charge on any atom is 0.137 e. The predicted molar refractivity (Wildman–Crippen MR) is 212 cm³/mol. The van der Waals surface area contributed by atoms with Gasteiger partial charge >= 0.3 is 0 Å². The van der Waals surface area contributed by atoms with Gasteiger partial charge in [0.2, 0.25) is 0 Å². The highest BCUT2D eigenvalue weighted by Crippen LogP contribution is 2.40. The highest BCUT2D eigenvalue weighted by atomic mass is 16.5. The van der Waals surface area contributed by atoms with Gasteiger partial charge in [-0.25, -0.2) is 9.67 Å². The third kappa shape index (κ3) is 5.77. The average Bonchev–Trinajstić information content (AvgIpc) is 3.67. The number of para-hydroxylation sites is 2. The van der Waals surface area contributed by atoms with Gasteiger partial charge in [-0.1, -0.05) is 109 Å². The summed E-state index contributed by atoms with van der Waals surface area (Å²) in [4.78, 5) is 4.85. The van der Waals surface area contributed by atoms with Crippen molar-refractivity contribution in [2.24, 2.45) is 0 Å². The van der Waals surface area contributed by atoms with Crippen LogP contribution in [0.4, 0.5) is 0 Å². The Morgan fingerprint density at radius 3 is 1.96 bits per heavy atom. The Kier molecular flexibility index (Phi) is 8.02. The minimum Gasteiger partial charge on any atom is -0.457 e. The van der Waals surface area contributed by atoms with Crippen molar-refractivity contribution in [1.82, 2.24) is 19.3 Å². The van der Waals surface area contributed by atoms with E-state index in [1.54, 1.807) is 0 Å². The van der Waals surface area contributed by atoms with E-state index in [9.17, 15) is 0 Å². The molecule has 0 spiro atoms. The Balaban J connectivity index is 1.22. The maximum absolute atomic E-state index is 6.64. The van der Waals surface area contributed by atoms with E-state index in [0.717, 1.165) is 56.0 Å². The lowest BCUT2D eigenvalue weighted by Crippen LogP contribution is -2.12. The SMILES string of the molecule is CC(C)c1cccc(C(C)C)c1-c1nn(-c2cccc(Oc3ccc4c5ccccc5n(-c5cc(C(C)(C)C)ccn5)c4c3)c2)c2ccccc12. The van der Waals surface area contributed by atoms with Crippen LogP contribution >= 0.6 is 0 Å². The molecule has 0 aliphatic carbocycles. The molecule has 5 heteroatoms. The van der Waals surface area contributed by atoms with E-state index in [4.69, 9.17) is 14.8 Å². The van der Waals surface area contributed by atoms with Gasteiger partial charge in [0.25, 0.3) is 0 Å². The zero-order valence-corrected chi connectivity index (χ0v) is 30.5. The molecule has 0 atom stereocenters. The molecule has 5 nitrogen and oxygen atoms in total. The topological polar surface area (TPSA) is 44.9 Å². The molecule has 0 saturated carbocycles. The van der Waals surface area contributed by atoms with E-state index >= 15 is 0 Å². The summed E-state index contributed by atoms with van der Waals surface area (Å²) in [6.45, 7) is 15.8. The van der Waals surface area contributed by atoms with Crippen LogP contribution in [0.3, 0.4) is 0 Å². The quantitative estimate of drug-likeness (QED) is 0.170. The third-order valence-corrected chi connectivity index (χ3v) is 9.98. The van der Waals surface area contributed by atoms with Crippen molar-refractivity contribution in [3.05, 3.63) is 144 Å². The number of benzene rings is 5. The minimum atomic E-state index is 0.00489. The van der Waals surface area contributed by atoms with Gasteiger partial charge < -0.3 is 4.74 Å². The van der Waals surface area contributed by atoms with Crippen molar-refractivity contribution in [2.75, 3.05) is 0 Å². The Bertz CT molecular complexity index is 2540. The van der Waals surface area contributed by atoms with Gasteiger partial charge in [-0.05, 0) is 82.5 Å². The Hall–Kier alpha value is -5.68. The van der Waals surface area contributed by atoms with Crippen LogP contribution in [0, 0.1) is 0 Å². The molecule has 8 rings (SSSR count). The number of nitrogens with zero attached hydrogens (tertiary/aromatic N) is 4. The molecule has 0 aliphatic heterocycles. The highest BCUT2D eigenvalue weighted by molar-refractivity contribution is 6.09. The third-order valence-electron chi connectivity index (χ3n) is 9.98. The van der Waals surface area contributed by atoms with Crippen LogP contribution in [0.25, 0.3) is 55.5 Å². The van der Waals surface area contributed by atoms with Crippen molar-refractivity contribution in [2.45, 2.75) is 65.7 Å². The normalized spacial score (nSPS) is 12.2. The van der Waals surface area contributed by atoms with Crippen molar-refractivity contribution in [3.8, 4) is 34.3 Å². The Labute approximate surface area is 300 Å². The first-order valence-corrected chi connectivity index (χ1v) is 18.0. The molecular weight excluding hydrogens is 625 g/mol. The second kappa shape index (κ2) is 12.6. The summed E-state index contributed by atoms with van der Waals surface area (Å²) < 4.78 is 11.0. The van der Waals surface area contributed by atoms with Crippen LogP contribution in [-0.2, 0) is 5.41 Å². The summed E-state index contributed by atoms with van der Waals surface area (Å²) in [7, 11) is 0. The molecule has 5 aromatic carbocycles. The van der Waals surface area contributed by atoms with Crippen LogP contribution in [0.2, 0.25) is 0 Å². The summed E-state index contributed by atoms with van der Waals surface area (Å²) in [6, 6.07) is 42.6. The largest absolute Gasteiger partial charge is 0.457 e. The van der Waals surface area contributed by atoms with Gasteiger partial charge in [0.15, 0.2) is 0 Å². The number of pyridine rings is 1. The molecule has 0 fully saturated rings. The van der Waals surface area contributed by atoms with Crippen LogP contribution in [-0.4, -0.2) is 19.3 Å². The molecular formula is C46H44N4O. The Morgan fingerprint density at radius 2 is 1.24 bits per heavy atom. The molecule has 0 aliphatic rings. The zero-order chi connectivity index (χ0) is 35.4. The lowest BCUT2D eigenvalue weighted by Gasteiger charge is -2.20. The smallest absolute Gasteiger partial charge is 0.137 e. The van der Waals surface area contributed by atoms with E-state index in [-0.39, 0.29) is 5.41 Å².